The Bertz CT molecular complexity index is 1270. The number of esters is 1. The van der Waals surface area contributed by atoms with Crippen LogP contribution in [0.5, 0.6) is 5.75 Å². The number of hydrogen-bond donors (Lipinski definition) is 1. The summed E-state index contributed by atoms with van der Waals surface area (Å²) in [7, 11) is 3.24. The molecule has 8 nitrogen and oxygen atoms in total. The molecule has 192 valence electrons. The van der Waals surface area contributed by atoms with E-state index in [9.17, 15) is 9.59 Å². The number of thiophene rings is 1. The number of nitrogens with zero attached hydrogens (tertiary/aromatic N) is 3. The SMILES string of the molecule is COC(=O)c1c(NC(=O)CSc2nnc(C(C)Oc3ccc(C)c(C)c3)n2C)sc2c1CCCCC2. The van der Waals surface area contributed by atoms with E-state index in [2.05, 4.69) is 29.4 Å². The molecule has 0 saturated carbocycles. The number of hydrogen-bond acceptors (Lipinski definition) is 8. The largest absolute Gasteiger partial charge is 0.483 e. The van der Waals surface area contributed by atoms with Gasteiger partial charge in [0.15, 0.2) is 17.1 Å². The van der Waals surface area contributed by atoms with Crippen LogP contribution in [-0.4, -0.2) is 39.5 Å². The van der Waals surface area contributed by atoms with Crippen molar-refractivity contribution in [1.82, 2.24) is 14.8 Å². The fourth-order valence-electron chi connectivity index (χ4n) is 4.29. The van der Waals surface area contributed by atoms with Crippen LogP contribution in [-0.2, 0) is 29.4 Å². The smallest absolute Gasteiger partial charge is 0.341 e. The number of amides is 1. The number of aromatic nitrogens is 3. The molecule has 1 N–H and O–H groups in total. The summed E-state index contributed by atoms with van der Waals surface area (Å²) in [6.07, 6.45) is 4.74. The van der Waals surface area contributed by atoms with Gasteiger partial charge >= 0.3 is 5.97 Å². The molecule has 10 heteroatoms. The van der Waals surface area contributed by atoms with Crippen molar-refractivity contribution in [2.24, 2.45) is 7.05 Å². The third-order valence-electron chi connectivity index (χ3n) is 6.42. The average molecular weight is 529 g/mol. The monoisotopic (exact) mass is 528 g/mol. The molecular weight excluding hydrogens is 496 g/mol. The molecule has 3 aromatic rings. The molecule has 0 aliphatic heterocycles. The summed E-state index contributed by atoms with van der Waals surface area (Å²) >= 11 is 2.78. The molecule has 0 bridgehead atoms. The Kier molecular flexibility index (Phi) is 8.35. The van der Waals surface area contributed by atoms with Gasteiger partial charge in [-0.15, -0.1) is 21.5 Å². The Morgan fingerprint density at radius 1 is 1.17 bits per heavy atom. The summed E-state index contributed by atoms with van der Waals surface area (Å²) in [5.74, 6) is 0.990. The van der Waals surface area contributed by atoms with Crippen molar-refractivity contribution in [3.8, 4) is 5.75 Å². The van der Waals surface area contributed by atoms with Crippen LogP contribution < -0.4 is 10.1 Å². The van der Waals surface area contributed by atoms with Crippen LogP contribution in [0.25, 0.3) is 0 Å². The van der Waals surface area contributed by atoms with E-state index in [-0.39, 0.29) is 17.8 Å². The van der Waals surface area contributed by atoms with E-state index >= 15 is 0 Å². The van der Waals surface area contributed by atoms with Gasteiger partial charge in [-0.2, -0.15) is 0 Å². The van der Waals surface area contributed by atoms with Gasteiger partial charge in [-0.25, -0.2) is 4.79 Å². The lowest BCUT2D eigenvalue weighted by atomic mass is 10.1. The van der Waals surface area contributed by atoms with Gasteiger partial charge in [0.2, 0.25) is 5.91 Å². The molecular formula is C26H32N4O4S2. The number of nitrogens with one attached hydrogen (secondary N) is 1. The maximum atomic E-state index is 12.8. The number of carbonyl (C=O) groups is 2. The van der Waals surface area contributed by atoms with Crippen LogP contribution in [0.2, 0.25) is 0 Å². The van der Waals surface area contributed by atoms with Crippen LogP contribution in [0.1, 0.15) is 70.0 Å². The highest BCUT2D eigenvalue weighted by molar-refractivity contribution is 7.99. The van der Waals surface area contributed by atoms with Gasteiger partial charge in [-0.1, -0.05) is 24.2 Å². The van der Waals surface area contributed by atoms with Crippen molar-refractivity contribution >= 4 is 40.0 Å². The van der Waals surface area contributed by atoms with E-state index in [4.69, 9.17) is 9.47 Å². The number of rotatable bonds is 8. The Balaban J connectivity index is 1.40. The molecule has 2 heterocycles. The molecule has 36 heavy (non-hydrogen) atoms. The normalized spacial score (nSPS) is 14.0. The van der Waals surface area contributed by atoms with Crippen molar-refractivity contribution in [1.29, 1.82) is 0 Å². The number of benzene rings is 1. The standard InChI is InChI=1S/C26H32N4O4S2/c1-15-11-12-18(13-16(15)2)34-17(3)23-28-29-26(30(23)4)35-14-21(31)27-24-22(25(32)33-5)19-9-7-6-8-10-20(19)36-24/h11-13,17H,6-10,14H2,1-5H3,(H,27,31). The molecule has 1 aliphatic carbocycles. The summed E-state index contributed by atoms with van der Waals surface area (Å²) < 4.78 is 12.9. The van der Waals surface area contributed by atoms with Gasteiger partial charge in [0, 0.05) is 11.9 Å². The minimum Gasteiger partial charge on any atom is -0.483 e. The van der Waals surface area contributed by atoms with E-state index < -0.39 is 5.97 Å². The topological polar surface area (TPSA) is 95.3 Å². The fourth-order valence-corrected chi connectivity index (χ4v) is 6.30. The van der Waals surface area contributed by atoms with Crippen molar-refractivity contribution in [2.45, 2.75) is 64.1 Å². The molecule has 0 spiro atoms. The predicted molar refractivity (Wildman–Crippen MR) is 142 cm³/mol. The van der Waals surface area contributed by atoms with Crippen molar-refractivity contribution in [3.05, 3.63) is 51.2 Å². The van der Waals surface area contributed by atoms with Gasteiger partial charge in [-0.05, 0) is 75.3 Å². The first-order chi connectivity index (χ1) is 17.3. The van der Waals surface area contributed by atoms with Gasteiger partial charge in [-0.3, -0.25) is 4.79 Å². The van der Waals surface area contributed by atoms with Crippen molar-refractivity contribution in [2.75, 3.05) is 18.2 Å². The number of fused-ring (bicyclic) bond motifs is 1. The number of anilines is 1. The Hall–Kier alpha value is -2.85. The average Bonchev–Trinajstić information content (AvgIpc) is 3.30. The molecule has 1 amide bonds. The lowest BCUT2D eigenvalue weighted by Crippen LogP contribution is -2.17. The lowest BCUT2D eigenvalue weighted by molar-refractivity contribution is -0.113. The van der Waals surface area contributed by atoms with Crippen molar-refractivity contribution < 1.29 is 19.1 Å². The molecule has 4 rings (SSSR count). The Morgan fingerprint density at radius 2 is 1.94 bits per heavy atom. The molecule has 1 aliphatic rings. The second-order valence-electron chi connectivity index (χ2n) is 9.00. The minimum atomic E-state index is -0.395. The van der Waals surface area contributed by atoms with Crippen LogP contribution in [0.15, 0.2) is 23.4 Å². The number of aryl methyl sites for hydroxylation is 3. The van der Waals surface area contributed by atoms with Gasteiger partial charge in [0.1, 0.15) is 10.8 Å². The summed E-state index contributed by atoms with van der Waals surface area (Å²) in [5.41, 5.74) is 3.92. The summed E-state index contributed by atoms with van der Waals surface area (Å²) in [6.45, 7) is 6.04. The first-order valence-corrected chi connectivity index (χ1v) is 13.9. The second-order valence-corrected chi connectivity index (χ2v) is 11.1. The highest BCUT2D eigenvalue weighted by Crippen LogP contribution is 2.38. The van der Waals surface area contributed by atoms with Crippen LogP contribution in [0.3, 0.4) is 0 Å². The van der Waals surface area contributed by atoms with E-state index in [1.54, 1.807) is 0 Å². The quantitative estimate of drug-likeness (QED) is 0.237. The van der Waals surface area contributed by atoms with E-state index in [0.717, 1.165) is 49.0 Å². The van der Waals surface area contributed by atoms with Crippen LogP contribution in [0, 0.1) is 13.8 Å². The maximum Gasteiger partial charge on any atom is 0.341 e. The van der Waals surface area contributed by atoms with E-state index in [1.807, 2.05) is 36.7 Å². The highest BCUT2D eigenvalue weighted by atomic mass is 32.2. The molecule has 0 fully saturated rings. The Labute approximate surface area is 219 Å². The molecule has 1 unspecified atom stereocenters. The predicted octanol–water partition coefficient (Wildman–Crippen LogP) is 5.42. The summed E-state index contributed by atoms with van der Waals surface area (Å²) in [4.78, 5) is 26.5. The third-order valence-corrected chi connectivity index (χ3v) is 8.65. The maximum absolute atomic E-state index is 12.8. The second kappa shape index (κ2) is 11.5. The van der Waals surface area contributed by atoms with Gasteiger partial charge < -0.3 is 19.4 Å². The van der Waals surface area contributed by atoms with Crippen molar-refractivity contribution in [3.63, 3.8) is 0 Å². The molecule has 1 atom stereocenters. The minimum absolute atomic E-state index is 0.140. The zero-order chi connectivity index (χ0) is 25.8. The molecule has 2 aromatic heterocycles. The summed E-state index contributed by atoms with van der Waals surface area (Å²) in [6, 6.07) is 5.99. The zero-order valence-electron chi connectivity index (χ0n) is 21.3. The molecule has 1 aromatic carbocycles. The van der Waals surface area contributed by atoms with E-state index in [1.165, 1.54) is 40.6 Å². The zero-order valence-corrected chi connectivity index (χ0v) is 23.0. The van der Waals surface area contributed by atoms with Crippen LogP contribution in [0.4, 0.5) is 5.00 Å². The van der Waals surface area contributed by atoms with Crippen LogP contribution >= 0.6 is 23.1 Å². The van der Waals surface area contributed by atoms with E-state index in [0.29, 0.717) is 21.5 Å². The third kappa shape index (κ3) is 5.75. The fraction of sp³-hybridized carbons (Fsp3) is 0.462. The number of methoxy groups -OCH3 is 1. The van der Waals surface area contributed by atoms with Gasteiger partial charge in [0.25, 0.3) is 0 Å². The molecule has 0 radical (unpaired) electrons. The number of ether oxygens (including phenoxy) is 2. The lowest BCUT2D eigenvalue weighted by Gasteiger charge is -2.15. The summed E-state index contributed by atoms with van der Waals surface area (Å²) in [5, 5.41) is 12.7. The Morgan fingerprint density at radius 3 is 2.69 bits per heavy atom. The first kappa shape index (κ1) is 26.2. The number of carbonyl (C=O) groups excluding carboxylic acids is 2. The molecule has 0 saturated heterocycles. The highest BCUT2D eigenvalue weighted by Gasteiger charge is 2.26. The van der Waals surface area contributed by atoms with Gasteiger partial charge in [0.05, 0.1) is 18.4 Å². The first-order valence-electron chi connectivity index (χ1n) is 12.1. The number of thioether (sulfide) groups is 1.